The number of phenols is 1. The van der Waals surface area contributed by atoms with Gasteiger partial charge < -0.3 is 14.7 Å². The molecular weight excluding hydrogens is 286 g/mol. The molecule has 0 saturated carbocycles. The molecule has 3 rings (SSSR count). The normalized spacial score (nSPS) is 15.6. The van der Waals surface area contributed by atoms with Crippen molar-refractivity contribution in [2.24, 2.45) is 0 Å². The number of thiophene rings is 1. The molecule has 1 aliphatic heterocycles. The Bertz CT molecular complexity index is 717. The number of phenolic OH excluding ortho intramolecular Hbond substituents is 1. The molecule has 0 unspecified atom stereocenters. The summed E-state index contributed by atoms with van der Waals surface area (Å²) in [6.45, 7) is 0.592. The Morgan fingerprint density at radius 1 is 1.33 bits per heavy atom. The molecule has 0 spiro atoms. The van der Waals surface area contributed by atoms with Gasteiger partial charge in [-0.25, -0.2) is 0 Å². The van der Waals surface area contributed by atoms with E-state index in [2.05, 4.69) is 0 Å². The fraction of sp³-hybridized carbons (Fsp3) is 0.188. The first-order valence-corrected chi connectivity index (χ1v) is 7.56. The van der Waals surface area contributed by atoms with E-state index in [4.69, 9.17) is 4.74 Å². The quantitative estimate of drug-likeness (QED) is 0.849. The lowest BCUT2D eigenvalue weighted by Crippen LogP contribution is -3.04. The van der Waals surface area contributed by atoms with Gasteiger partial charge in [-0.05, 0) is 23.6 Å². The number of benzene rings is 1. The Morgan fingerprint density at radius 2 is 2.14 bits per heavy atom. The maximum Gasteiger partial charge on any atom is 0.232 e. The van der Waals surface area contributed by atoms with Crippen molar-refractivity contribution in [2.45, 2.75) is 6.54 Å². The van der Waals surface area contributed by atoms with Crippen molar-refractivity contribution in [3.05, 3.63) is 51.4 Å². The molecule has 1 aromatic carbocycles. The predicted octanol–water partition coefficient (Wildman–Crippen LogP) is 1.71. The van der Waals surface area contributed by atoms with Crippen LogP contribution in [0.25, 0.3) is 6.08 Å². The molecule has 0 saturated heterocycles. The van der Waals surface area contributed by atoms with Crippen molar-refractivity contribution in [3.8, 4) is 11.5 Å². The van der Waals surface area contributed by atoms with E-state index >= 15 is 0 Å². The molecule has 0 radical (unpaired) electrons. The number of rotatable bonds is 3. The molecule has 2 heterocycles. The summed E-state index contributed by atoms with van der Waals surface area (Å²) in [5.74, 6) is 0.839. The van der Waals surface area contributed by atoms with E-state index in [1.807, 2.05) is 31.6 Å². The minimum atomic E-state index is -0.131. The van der Waals surface area contributed by atoms with Crippen LogP contribution >= 0.6 is 11.3 Å². The van der Waals surface area contributed by atoms with Crippen LogP contribution < -0.4 is 9.64 Å². The number of allylic oxidation sites excluding steroid dienone is 1. The zero-order valence-corrected chi connectivity index (χ0v) is 12.7. The smallest absolute Gasteiger partial charge is 0.232 e. The Labute approximate surface area is 126 Å². The van der Waals surface area contributed by atoms with E-state index in [0.29, 0.717) is 29.2 Å². The average Bonchev–Trinajstić information content (AvgIpc) is 3.03. The van der Waals surface area contributed by atoms with Crippen LogP contribution in [-0.2, 0) is 6.54 Å². The van der Waals surface area contributed by atoms with Crippen LogP contribution in [0, 0.1) is 0 Å². The summed E-state index contributed by atoms with van der Waals surface area (Å²) in [5, 5.41) is 12.0. The number of quaternary nitrogens is 1. The van der Waals surface area contributed by atoms with E-state index < -0.39 is 0 Å². The maximum atomic E-state index is 12.4. The average molecular weight is 302 g/mol. The Hall–Kier alpha value is -2.11. The van der Waals surface area contributed by atoms with Gasteiger partial charge in [0.25, 0.3) is 0 Å². The molecule has 0 bridgehead atoms. The van der Waals surface area contributed by atoms with E-state index in [9.17, 15) is 9.90 Å². The first kappa shape index (κ1) is 13.9. The summed E-state index contributed by atoms with van der Waals surface area (Å²) in [4.78, 5) is 14.5. The summed E-state index contributed by atoms with van der Waals surface area (Å²) in [5.41, 5.74) is 1.20. The van der Waals surface area contributed by atoms with Gasteiger partial charge in [-0.2, -0.15) is 0 Å². The van der Waals surface area contributed by atoms with Gasteiger partial charge in [-0.15, -0.1) is 11.3 Å². The highest BCUT2D eigenvalue weighted by atomic mass is 32.1. The summed E-state index contributed by atoms with van der Waals surface area (Å²) in [6.07, 6.45) is 1.75. The highest BCUT2D eigenvalue weighted by Gasteiger charge is 2.31. The summed E-state index contributed by atoms with van der Waals surface area (Å²) < 4.78 is 5.75. The van der Waals surface area contributed by atoms with Crippen LogP contribution in [0.15, 0.2) is 35.4 Å². The van der Waals surface area contributed by atoms with Crippen molar-refractivity contribution in [1.82, 2.24) is 0 Å². The number of Topliss-reactive ketones (excluding diaryl/α,β-unsaturated/α-hetero) is 1. The predicted molar refractivity (Wildman–Crippen MR) is 81.9 cm³/mol. The molecule has 0 aliphatic carbocycles. The monoisotopic (exact) mass is 302 g/mol. The molecule has 0 amide bonds. The number of ether oxygens (including phenoxy) is 1. The third-order valence-corrected chi connectivity index (χ3v) is 4.08. The molecule has 1 aromatic heterocycles. The zero-order valence-electron chi connectivity index (χ0n) is 11.8. The number of carbonyl (C=O) groups is 1. The lowest BCUT2D eigenvalue weighted by atomic mass is 10.1. The van der Waals surface area contributed by atoms with Crippen molar-refractivity contribution >= 4 is 23.2 Å². The van der Waals surface area contributed by atoms with Gasteiger partial charge in [0.15, 0.2) is 11.5 Å². The van der Waals surface area contributed by atoms with Crippen molar-refractivity contribution in [1.29, 1.82) is 0 Å². The minimum absolute atomic E-state index is 0.131. The topological polar surface area (TPSA) is 51.0 Å². The number of ketones is 1. The second-order valence-corrected chi connectivity index (χ2v) is 6.26. The van der Waals surface area contributed by atoms with Crippen LogP contribution in [0.2, 0.25) is 0 Å². The van der Waals surface area contributed by atoms with Gasteiger partial charge in [0.1, 0.15) is 12.3 Å². The fourth-order valence-corrected chi connectivity index (χ4v) is 2.97. The van der Waals surface area contributed by atoms with E-state index in [0.717, 1.165) is 9.78 Å². The van der Waals surface area contributed by atoms with Gasteiger partial charge in [0, 0.05) is 11.0 Å². The van der Waals surface area contributed by atoms with E-state index in [-0.39, 0.29) is 11.5 Å². The standard InChI is InChI=1S/C16H15NO3S/c1-17(2)9-12-13(18)6-5-11-15(19)14(20-16(11)12)8-10-4-3-7-21-10/h3-8,18H,9H2,1-2H3/p+1/b14-8-. The van der Waals surface area contributed by atoms with Crippen molar-refractivity contribution in [3.63, 3.8) is 0 Å². The zero-order chi connectivity index (χ0) is 15.0. The second-order valence-electron chi connectivity index (χ2n) is 5.28. The van der Waals surface area contributed by atoms with Crippen LogP contribution in [0.4, 0.5) is 0 Å². The molecule has 0 fully saturated rings. The van der Waals surface area contributed by atoms with Gasteiger partial charge in [-0.1, -0.05) is 6.07 Å². The Morgan fingerprint density at radius 3 is 2.81 bits per heavy atom. The Kier molecular flexibility index (Phi) is 3.53. The van der Waals surface area contributed by atoms with Crippen molar-refractivity contribution in [2.75, 3.05) is 14.1 Å². The molecule has 0 atom stereocenters. The molecular formula is C16H16NO3S+. The molecule has 108 valence electrons. The second kappa shape index (κ2) is 5.35. The molecule has 4 nitrogen and oxygen atoms in total. The third kappa shape index (κ3) is 2.57. The van der Waals surface area contributed by atoms with Crippen LogP contribution in [-0.4, -0.2) is 25.0 Å². The minimum Gasteiger partial charge on any atom is -0.507 e. The summed E-state index contributed by atoms with van der Waals surface area (Å²) >= 11 is 1.55. The number of aromatic hydroxyl groups is 1. The molecule has 1 aliphatic rings. The Balaban J connectivity index is 2.03. The highest BCUT2D eigenvalue weighted by Crippen LogP contribution is 2.39. The highest BCUT2D eigenvalue weighted by molar-refractivity contribution is 7.10. The van der Waals surface area contributed by atoms with E-state index in [1.54, 1.807) is 29.5 Å². The van der Waals surface area contributed by atoms with Crippen LogP contribution in [0.1, 0.15) is 20.8 Å². The molecule has 2 N–H and O–H groups in total. The lowest BCUT2D eigenvalue weighted by molar-refractivity contribution is -0.872. The first-order chi connectivity index (χ1) is 10.1. The van der Waals surface area contributed by atoms with Crippen molar-refractivity contribution < 1.29 is 19.5 Å². The lowest BCUT2D eigenvalue weighted by Gasteiger charge is -2.11. The van der Waals surface area contributed by atoms with Gasteiger partial charge >= 0.3 is 0 Å². The summed E-state index contributed by atoms with van der Waals surface area (Å²) in [7, 11) is 3.97. The van der Waals surface area contributed by atoms with Gasteiger partial charge in [0.2, 0.25) is 5.78 Å². The number of fused-ring (bicyclic) bond motifs is 1. The summed E-state index contributed by atoms with van der Waals surface area (Å²) in [6, 6.07) is 7.04. The SMILES string of the molecule is C[NH+](C)Cc1c(O)ccc2c1O/C(=C\c1cccs1)C2=O. The van der Waals surface area contributed by atoms with E-state index in [1.165, 1.54) is 0 Å². The largest absolute Gasteiger partial charge is 0.507 e. The van der Waals surface area contributed by atoms with Crippen LogP contribution in [0.3, 0.4) is 0 Å². The first-order valence-electron chi connectivity index (χ1n) is 6.68. The van der Waals surface area contributed by atoms with Crippen LogP contribution in [0.5, 0.6) is 11.5 Å². The number of hydrogen-bond acceptors (Lipinski definition) is 4. The molecule has 5 heteroatoms. The van der Waals surface area contributed by atoms with Gasteiger partial charge in [0.05, 0.1) is 25.2 Å². The third-order valence-electron chi connectivity index (χ3n) is 3.26. The molecule has 2 aromatic rings. The number of carbonyl (C=O) groups excluding carboxylic acids is 1. The fourth-order valence-electron chi connectivity index (χ4n) is 2.32. The van der Waals surface area contributed by atoms with Gasteiger partial charge in [-0.3, -0.25) is 4.79 Å². The number of hydrogen-bond donors (Lipinski definition) is 2. The molecule has 21 heavy (non-hydrogen) atoms. The number of nitrogens with one attached hydrogen (secondary N) is 1. The maximum absolute atomic E-state index is 12.4.